The molecular weight excluding hydrogens is 228 g/mol. The van der Waals surface area contributed by atoms with Crippen LogP contribution in [0.1, 0.15) is 25.5 Å². The van der Waals surface area contributed by atoms with Crippen LogP contribution in [0.4, 0.5) is 5.69 Å². The highest BCUT2D eigenvalue weighted by Gasteiger charge is 2.18. The smallest absolute Gasteiger partial charge is 0.0369 e. The van der Waals surface area contributed by atoms with Crippen LogP contribution in [0, 0.1) is 0 Å². The zero-order valence-electron chi connectivity index (χ0n) is 10.9. The Hall–Kier alpha value is -0.670. The van der Waals surface area contributed by atoms with E-state index in [-0.39, 0.29) is 0 Å². The number of nitrogens with one attached hydrogen (secondary N) is 1. The maximum Gasteiger partial charge on any atom is 0.0369 e. The summed E-state index contributed by atoms with van der Waals surface area (Å²) in [6.45, 7) is 5.68. The van der Waals surface area contributed by atoms with Gasteiger partial charge in [-0.1, -0.05) is 12.1 Å². The van der Waals surface area contributed by atoms with Crippen LogP contribution in [0.3, 0.4) is 0 Å². The fraction of sp³-hybridized carbons (Fsp3) is 0.571. The molecule has 0 radical (unpaired) electrons. The van der Waals surface area contributed by atoms with Gasteiger partial charge in [-0.05, 0) is 38.6 Å². The number of nitrogens with zero attached hydrogens (tertiary/aromatic N) is 1. The Morgan fingerprint density at radius 2 is 2.06 bits per heavy atom. The minimum atomic E-state index is 0.429. The van der Waals surface area contributed by atoms with E-state index >= 15 is 0 Å². The maximum absolute atomic E-state index is 3.27. The van der Waals surface area contributed by atoms with Gasteiger partial charge in [0.25, 0.3) is 0 Å². The molecule has 2 atom stereocenters. The first-order valence-corrected chi connectivity index (χ1v) is 7.49. The molecule has 1 N–H and O–H groups in total. The molecule has 94 valence electrons. The van der Waals surface area contributed by atoms with Gasteiger partial charge in [0.1, 0.15) is 0 Å². The van der Waals surface area contributed by atoms with E-state index in [0.717, 1.165) is 0 Å². The Morgan fingerprint density at radius 3 is 2.65 bits per heavy atom. The highest BCUT2D eigenvalue weighted by atomic mass is 32.2. The average molecular weight is 250 g/mol. The topological polar surface area (TPSA) is 15.3 Å². The highest BCUT2D eigenvalue weighted by Crippen LogP contribution is 2.25. The van der Waals surface area contributed by atoms with Gasteiger partial charge in [-0.3, -0.25) is 0 Å². The van der Waals surface area contributed by atoms with Crippen molar-refractivity contribution < 1.29 is 0 Å². The standard InChI is InChI=1S/C14H22N2S/c1-11-10-17-9-8-16(11)14-6-4-13(5-7-14)12(2)15-3/h4-7,11-12,15H,8-10H2,1-3H3. The molecule has 0 aromatic heterocycles. The van der Waals surface area contributed by atoms with Crippen LogP contribution in [-0.2, 0) is 0 Å². The number of thioether (sulfide) groups is 1. The van der Waals surface area contributed by atoms with E-state index in [2.05, 4.69) is 60.1 Å². The molecule has 1 fully saturated rings. The predicted molar refractivity (Wildman–Crippen MR) is 78.0 cm³/mol. The summed E-state index contributed by atoms with van der Waals surface area (Å²) in [6, 6.07) is 10.1. The Labute approximate surface area is 109 Å². The van der Waals surface area contributed by atoms with E-state index in [9.17, 15) is 0 Å². The van der Waals surface area contributed by atoms with Crippen molar-refractivity contribution in [2.75, 3.05) is 30.0 Å². The van der Waals surface area contributed by atoms with Crippen LogP contribution in [0.15, 0.2) is 24.3 Å². The molecule has 0 bridgehead atoms. The Morgan fingerprint density at radius 1 is 1.35 bits per heavy atom. The van der Waals surface area contributed by atoms with E-state index < -0.39 is 0 Å². The number of anilines is 1. The molecule has 2 rings (SSSR count). The molecule has 2 unspecified atom stereocenters. The van der Waals surface area contributed by atoms with Crippen molar-refractivity contribution in [2.24, 2.45) is 0 Å². The van der Waals surface area contributed by atoms with Crippen LogP contribution in [0.5, 0.6) is 0 Å². The fourth-order valence-electron chi connectivity index (χ4n) is 2.23. The highest BCUT2D eigenvalue weighted by molar-refractivity contribution is 7.99. The monoisotopic (exact) mass is 250 g/mol. The largest absolute Gasteiger partial charge is 0.367 e. The van der Waals surface area contributed by atoms with Crippen molar-refractivity contribution in [3.8, 4) is 0 Å². The van der Waals surface area contributed by atoms with Gasteiger partial charge in [0.2, 0.25) is 0 Å². The molecule has 0 spiro atoms. The number of rotatable bonds is 3. The molecule has 17 heavy (non-hydrogen) atoms. The van der Waals surface area contributed by atoms with Gasteiger partial charge in [-0.15, -0.1) is 0 Å². The lowest BCUT2D eigenvalue weighted by molar-refractivity contribution is 0.651. The first kappa shape index (κ1) is 12.8. The van der Waals surface area contributed by atoms with E-state index in [1.54, 1.807) is 0 Å². The van der Waals surface area contributed by atoms with Crippen molar-refractivity contribution in [3.63, 3.8) is 0 Å². The minimum Gasteiger partial charge on any atom is -0.367 e. The van der Waals surface area contributed by atoms with Crippen molar-refractivity contribution >= 4 is 17.4 Å². The van der Waals surface area contributed by atoms with Gasteiger partial charge in [0.15, 0.2) is 0 Å². The molecule has 0 aliphatic carbocycles. The first-order chi connectivity index (χ1) is 8.22. The summed E-state index contributed by atoms with van der Waals surface area (Å²) in [7, 11) is 2.00. The summed E-state index contributed by atoms with van der Waals surface area (Å²) in [4.78, 5) is 2.52. The van der Waals surface area contributed by atoms with Crippen LogP contribution < -0.4 is 10.2 Å². The van der Waals surface area contributed by atoms with Gasteiger partial charge in [-0.2, -0.15) is 11.8 Å². The third-order valence-corrected chi connectivity index (χ3v) is 4.71. The third-order valence-electron chi connectivity index (χ3n) is 3.53. The quantitative estimate of drug-likeness (QED) is 0.888. The van der Waals surface area contributed by atoms with Gasteiger partial charge in [-0.25, -0.2) is 0 Å². The van der Waals surface area contributed by atoms with Gasteiger partial charge < -0.3 is 10.2 Å². The summed E-state index contributed by atoms with van der Waals surface area (Å²) >= 11 is 2.06. The van der Waals surface area contributed by atoms with Gasteiger partial charge in [0.05, 0.1) is 0 Å². The summed E-state index contributed by atoms with van der Waals surface area (Å²) < 4.78 is 0. The fourth-order valence-corrected chi connectivity index (χ4v) is 3.25. The van der Waals surface area contributed by atoms with Crippen molar-refractivity contribution in [1.29, 1.82) is 0 Å². The van der Waals surface area contributed by atoms with Crippen LogP contribution >= 0.6 is 11.8 Å². The lowest BCUT2D eigenvalue weighted by atomic mass is 10.1. The van der Waals surface area contributed by atoms with Crippen molar-refractivity contribution in [1.82, 2.24) is 5.32 Å². The molecule has 2 nitrogen and oxygen atoms in total. The zero-order chi connectivity index (χ0) is 12.3. The number of benzene rings is 1. The van der Waals surface area contributed by atoms with Crippen molar-refractivity contribution in [3.05, 3.63) is 29.8 Å². The van der Waals surface area contributed by atoms with E-state index in [1.165, 1.54) is 29.3 Å². The first-order valence-electron chi connectivity index (χ1n) is 6.34. The van der Waals surface area contributed by atoms with Gasteiger partial charge in [0, 0.05) is 35.8 Å². The van der Waals surface area contributed by atoms with Gasteiger partial charge >= 0.3 is 0 Å². The molecule has 1 aliphatic heterocycles. The maximum atomic E-state index is 3.27. The zero-order valence-corrected chi connectivity index (χ0v) is 11.8. The molecule has 0 amide bonds. The molecule has 0 saturated carbocycles. The summed E-state index contributed by atoms with van der Waals surface area (Å²) in [5.74, 6) is 2.49. The molecule has 1 heterocycles. The summed E-state index contributed by atoms with van der Waals surface area (Å²) in [5, 5.41) is 3.27. The summed E-state index contributed by atoms with van der Waals surface area (Å²) in [5.41, 5.74) is 2.72. The second-order valence-corrected chi connectivity index (χ2v) is 5.87. The Bertz CT molecular complexity index is 350. The molecule has 1 aliphatic rings. The van der Waals surface area contributed by atoms with E-state index in [1.807, 2.05) is 7.05 Å². The predicted octanol–water partition coefficient (Wildman–Crippen LogP) is 2.91. The Kier molecular flexibility index (Phi) is 4.35. The normalized spacial score (nSPS) is 22.5. The molecule has 1 aromatic rings. The van der Waals surface area contributed by atoms with E-state index in [4.69, 9.17) is 0 Å². The van der Waals surface area contributed by atoms with Crippen LogP contribution in [0.2, 0.25) is 0 Å². The van der Waals surface area contributed by atoms with Crippen LogP contribution in [-0.4, -0.2) is 31.1 Å². The Balaban J connectivity index is 2.11. The summed E-state index contributed by atoms with van der Waals surface area (Å²) in [6.07, 6.45) is 0. The van der Waals surface area contributed by atoms with E-state index in [0.29, 0.717) is 12.1 Å². The molecule has 1 aromatic carbocycles. The molecular formula is C14H22N2S. The lowest BCUT2D eigenvalue weighted by Gasteiger charge is -2.35. The SMILES string of the molecule is CNC(C)c1ccc(N2CCSCC2C)cc1. The second kappa shape index (κ2) is 5.78. The minimum absolute atomic E-state index is 0.429. The lowest BCUT2D eigenvalue weighted by Crippen LogP contribution is -2.40. The molecule has 1 saturated heterocycles. The van der Waals surface area contributed by atoms with Crippen LogP contribution in [0.25, 0.3) is 0 Å². The second-order valence-electron chi connectivity index (χ2n) is 4.72. The average Bonchev–Trinajstić information content (AvgIpc) is 2.39. The third kappa shape index (κ3) is 2.96. The number of hydrogen-bond donors (Lipinski definition) is 1. The van der Waals surface area contributed by atoms with Crippen molar-refractivity contribution in [2.45, 2.75) is 25.9 Å². The number of hydrogen-bond acceptors (Lipinski definition) is 3. The molecule has 3 heteroatoms.